The van der Waals surface area contributed by atoms with Gasteiger partial charge in [-0.3, -0.25) is 9.59 Å². The molecule has 2 aromatic rings. The Balaban J connectivity index is 3.05. The summed E-state index contributed by atoms with van der Waals surface area (Å²) >= 11 is 0. The number of aromatic nitrogens is 1. The van der Waals surface area contributed by atoms with Gasteiger partial charge in [0.05, 0.1) is 5.56 Å². The first kappa shape index (κ1) is 10.6. The number of rotatable bonds is 1. The molecule has 0 saturated heterocycles. The molecule has 0 spiro atoms. The second-order valence-electron chi connectivity index (χ2n) is 4.12. The van der Waals surface area contributed by atoms with Crippen molar-refractivity contribution in [2.24, 2.45) is 0 Å². The van der Waals surface area contributed by atoms with Crippen LogP contribution in [-0.4, -0.2) is 11.3 Å². The second kappa shape index (κ2) is 3.59. The van der Waals surface area contributed by atoms with Gasteiger partial charge >= 0.3 is 0 Å². The van der Waals surface area contributed by atoms with Gasteiger partial charge in [-0.2, -0.15) is 0 Å². The van der Waals surface area contributed by atoms with Gasteiger partial charge in [-0.15, -0.1) is 0 Å². The average Bonchev–Trinajstić information content (AvgIpc) is 2.15. The highest BCUT2D eigenvalue weighted by molar-refractivity contribution is 5.92. The van der Waals surface area contributed by atoms with E-state index >= 15 is 0 Å². The molecule has 1 aromatic heterocycles. The third-order valence-corrected chi connectivity index (χ3v) is 2.87. The van der Waals surface area contributed by atoms with Crippen molar-refractivity contribution in [3.63, 3.8) is 0 Å². The number of aromatic amines is 1. The van der Waals surface area contributed by atoms with E-state index < -0.39 is 0 Å². The highest BCUT2D eigenvalue weighted by atomic mass is 16.1. The maximum Gasteiger partial charge on any atom is 0.259 e. The lowest BCUT2D eigenvalue weighted by Gasteiger charge is -2.08. The molecule has 0 atom stereocenters. The van der Waals surface area contributed by atoms with Crippen LogP contribution in [-0.2, 0) is 0 Å². The minimum Gasteiger partial charge on any atom is -0.321 e. The SMILES string of the molecule is Cc1cc(C)c2c(C)c(C=O)c(=O)[nH]c2c1. The number of H-pyrrole nitrogens is 1. The number of fused-ring (bicyclic) bond motifs is 1. The van der Waals surface area contributed by atoms with Gasteiger partial charge in [-0.25, -0.2) is 0 Å². The quantitative estimate of drug-likeness (QED) is 0.742. The number of carbonyl (C=O) groups is 1. The molecule has 3 heteroatoms. The van der Waals surface area contributed by atoms with Crippen LogP contribution in [0.4, 0.5) is 0 Å². The van der Waals surface area contributed by atoms with Crippen LogP contribution in [0.3, 0.4) is 0 Å². The molecule has 0 fully saturated rings. The number of hydrogen-bond acceptors (Lipinski definition) is 2. The number of aryl methyl sites for hydroxylation is 3. The fourth-order valence-corrected chi connectivity index (χ4v) is 2.20. The van der Waals surface area contributed by atoms with E-state index in [2.05, 4.69) is 4.98 Å². The largest absolute Gasteiger partial charge is 0.321 e. The molecule has 1 N–H and O–H groups in total. The molecule has 2 rings (SSSR count). The summed E-state index contributed by atoms with van der Waals surface area (Å²) in [4.78, 5) is 25.2. The number of nitrogens with one attached hydrogen (secondary N) is 1. The molecule has 0 bridgehead atoms. The van der Waals surface area contributed by atoms with Crippen molar-refractivity contribution in [3.8, 4) is 0 Å². The first-order valence-electron chi connectivity index (χ1n) is 5.13. The van der Waals surface area contributed by atoms with Gasteiger partial charge in [0.25, 0.3) is 5.56 Å². The predicted molar refractivity (Wildman–Crippen MR) is 64.2 cm³/mol. The highest BCUT2D eigenvalue weighted by Crippen LogP contribution is 2.22. The highest BCUT2D eigenvalue weighted by Gasteiger charge is 2.10. The monoisotopic (exact) mass is 215 g/mol. The maximum atomic E-state index is 11.6. The molecule has 0 radical (unpaired) electrons. The van der Waals surface area contributed by atoms with Gasteiger partial charge in [-0.05, 0) is 43.5 Å². The molecule has 0 saturated carbocycles. The molecule has 3 nitrogen and oxygen atoms in total. The Labute approximate surface area is 93.1 Å². The first-order chi connectivity index (χ1) is 7.54. The van der Waals surface area contributed by atoms with Crippen LogP contribution in [0.5, 0.6) is 0 Å². The van der Waals surface area contributed by atoms with Crippen LogP contribution in [0.25, 0.3) is 10.9 Å². The van der Waals surface area contributed by atoms with Crippen molar-refractivity contribution in [2.45, 2.75) is 20.8 Å². The van der Waals surface area contributed by atoms with E-state index in [1.54, 1.807) is 0 Å². The summed E-state index contributed by atoms with van der Waals surface area (Å²) in [5.41, 5.74) is 3.63. The minimum atomic E-state index is -0.315. The maximum absolute atomic E-state index is 11.6. The summed E-state index contributed by atoms with van der Waals surface area (Å²) < 4.78 is 0. The summed E-state index contributed by atoms with van der Waals surface area (Å²) in [5, 5.41) is 0.965. The van der Waals surface area contributed by atoms with Gasteiger partial charge in [0, 0.05) is 10.9 Å². The third kappa shape index (κ3) is 1.45. The lowest BCUT2D eigenvalue weighted by atomic mass is 9.99. The molecule has 1 aromatic carbocycles. The normalized spacial score (nSPS) is 10.7. The molecular weight excluding hydrogens is 202 g/mol. The minimum absolute atomic E-state index is 0.222. The van der Waals surface area contributed by atoms with Gasteiger partial charge in [0.1, 0.15) is 0 Å². The second-order valence-corrected chi connectivity index (χ2v) is 4.12. The van der Waals surface area contributed by atoms with Crippen LogP contribution in [0.15, 0.2) is 16.9 Å². The van der Waals surface area contributed by atoms with Crippen LogP contribution < -0.4 is 5.56 Å². The van der Waals surface area contributed by atoms with E-state index in [1.165, 1.54) is 0 Å². The molecule has 16 heavy (non-hydrogen) atoms. The summed E-state index contributed by atoms with van der Waals surface area (Å²) in [7, 11) is 0. The Hall–Kier alpha value is -1.90. The van der Waals surface area contributed by atoms with E-state index in [-0.39, 0.29) is 11.1 Å². The smallest absolute Gasteiger partial charge is 0.259 e. The fourth-order valence-electron chi connectivity index (χ4n) is 2.20. The summed E-state index contributed by atoms with van der Waals surface area (Å²) in [5.74, 6) is 0. The lowest BCUT2D eigenvalue weighted by molar-refractivity contribution is 0.112. The van der Waals surface area contributed by atoms with Crippen LogP contribution >= 0.6 is 0 Å². The number of aldehydes is 1. The Morgan fingerprint density at radius 1 is 1.19 bits per heavy atom. The first-order valence-corrected chi connectivity index (χ1v) is 5.13. The van der Waals surface area contributed by atoms with E-state index in [4.69, 9.17) is 0 Å². The van der Waals surface area contributed by atoms with Gasteiger partial charge in [0.15, 0.2) is 6.29 Å². The van der Waals surface area contributed by atoms with Gasteiger partial charge in [-0.1, -0.05) is 6.07 Å². The molecule has 0 aliphatic heterocycles. The van der Waals surface area contributed by atoms with Crippen LogP contribution in [0.2, 0.25) is 0 Å². The average molecular weight is 215 g/mol. The van der Waals surface area contributed by atoms with E-state index in [9.17, 15) is 9.59 Å². The summed E-state index contributed by atoms with van der Waals surface area (Å²) in [6.07, 6.45) is 0.618. The standard InChI is InChI=1S/C13H13NO2/c1-7-4-8(2)12-9(3)10(6-15)13(16)14-11(12)5-7/h4-6H,1-3H3,(H,14,16). The number of pyridine rings is 1. The Morgan fingerprint density at radius 2 is 1.88 bits per heavy atom. The fraction of sp³-hybridized carbons (Fsp3) is 0.231. The van der Waals surface area contributed by atoms with Gasteiger partial charge in [0.2, 0.25) is 0 Å². The van der Waals surface area contributed by atoms with E-state index in [0.29, 0.717) is 6.29 Å². The summed E-state index contributed by atoms with van der Waals surface area (Å²) in [6.45, 7) is 5.77. The predicted octanol–water partition coefficient (Wildman–Crippen LogP) is 2.27. The molecule has 0 unspecified atom stereocenters. The van der Waals surface area contributed by atoms with Crippen LogP contribution in [0, 0.1) is 20.8 Å². The van der Waals surface area contributed by atoms with Gasteiger partial charge < -0.3 is 4.98 Å². The molecule has 0 amide bonds. The van der Waals surface area contributed by atoms with Crippen molar-refractivity contribution in [1.82, 2.24) is 4.98 Å². The lowest BCUT2D eigenvalue weighted by Crippen LogP contribution is -2.14. The van der Waals surface area contributed by atoms with Crippen molar-refractivity contribution in [2.75, 3.05) is 0 Å². The van der Waals surface area contributed by atoms with Crippen LogP contribution in [0.1, 0.15) is 27.0 Å². The van der Waals surface area contributed by atoms with Crippen molar-refractivity contribution < 1.29 is 4.79 Å². The van der Waals surface area contributed by atoms with Crippen molar-refractivity contribution >= 4 is 17.2 Å². The Morgan fingerprint density at radius 3 is 2.50 bits per heavy atom. The number of hydrogen-bond donors (Lipinski definition) is 1. The van der Waals surface area contributed by atoms with Crippen molar-refractivity contribution in [1.29, 1.82) is 0 Å². The zero-order chi connectivity index (χ0) is 11.9. The number of benzene rings is 1. The van der Waals surface area contributed by atoms with E-state index in [1.807, 2.05) is 32.9 Å². The topological polar surface area (TPSA) is 49.9 Å². The molecule has 0 aliphatic carbocycles. The Bertz CT molecular complexity index is 638. The zero-order valence-corrected chi connectivity index (χ0v) is 9.55. The molecule has 82 valence electrons. The third-order valence-electron chi connectivity index (χ3n) is 2.87. The summed E-state index contributed by atoms with van der Waals surface area (Å²) in [6, 6.07) is 3.97. The zero-order valence-electron chi connectivity index (χ0n) is 9.55. The molecular formula is C13H13NO2. The molecule has 0 aliphatic rings. The van der Waals surface area contributed by atoms with Crippen molar-refractivity contribution in [3.05, 3.63) is 44.7 Å². The Kier molecular flexibility index (Phi) is 2.38. The molecule has 1 heterocycles. The van der Waals surface area contributed by atoms with E-state index in [0.717, 1.165) is 27.6 Å². The number of carbonyl (C=O) groups excluding carboxylic acids is 1.